The standard InChI is InChI=1S/C19H13F6N3OS/c1-30-14-7-5-12(6-8-14)27-17(29)15-10-26-28(16(15)19(23,24)25)13-4-2-3-11(9-13)18(20,21)22/h2-10H,1H3,(H,27,29). The van der Waals surface area contributed by atoms with E-state index >= 15 is 0 Å². The molecule has 158 valence electrons. The van der Waals surface area contributed by atoms with Gasteiger partial charge in [0.1, 0.15) is 0 Å². The molecule has 0 aliphatic heterocycles. The van der Waals surface area contributed by atoms with Gasteiger partial charge in [-0.2, -0.15) is 31.4 Å². The number of halogens is 6. The molecule has 0 aliphatic carbocycles. The van der Waals surface area contributed by atoms with E-state index in [1.165, 1.54) is 23.9 Å². The molecule has 0 spiro atoms. The Morgan fingerprint density at radius 2 is 1.67 bits per heavy atom. The number of carbonyl (C=O) groups is 1. The fourth-order valence-electron chi connectivity index (χ4n) is 2.67. The van der Waals surface area contributed by atoms with Gasteiger partial charge in [-0.25, -0.2) is 4.68 Å². The first-order chi connectivity index (χ1) is 14.0. The highest BCUT2D eigenvalue weighted by Gasteiger charge is 2.41. The molecule has 30 heavy (non-hydrogen) atoms. The van der Waals surface area contributed by atoms with Crippen LogP contribution in [0.1, 0.15) is 21.6 Å². The Morgan fingerprint density at radius 3 is 2.23 bits per heavy atom. The maximum Gasteiger partial charge on any atom is 0.434 e. The highest BCUT2D eigenvalue weighted by atomic mass is 32.2. The average molecular weight is 445 g/mol. The maximum atomic E-state index is 13.7. The van der Waals surface area contributed by atoms with E-state index in [1.807, 2.05) is 6.26 Å². The second kappa shape index (κ2) is 8.05. The quantitative estimate of drug-likeness (QED) is 0.403. The summed E-state index contributed by atoms with van der Waals surface area (Å²) in [4.78, 5) is 13.3. The Balaban J connectivity index is 2.01. The van der Waals surface area contributed by atoms with Crippen LogP contribution in [0.15, 0.2) is 59.6 Å². The molecule has 3 rings (SSSR count). The lowest BCUT2D eigenvalue weighted by molar-refractivity contribution is -0.143. The summed E-state index contributed by atoms with van der Waals surface area (Å²) in [6, 6.07) is 9.67. The van der Waals surface area contributed by atoms with E-state index in [1.54, 1.807) is 12.1 Å². The average Bonchev–Trinajstić information content (AvgIpc) is 3.14. The van der Waals surface area contributed by atoms with Crippen LogP contribution in [0.4, 0.5) is 32.0 Å². The first-order valence-corrected chi connectivity index (χ1v) is 9.51. The number of aromatic nitrogens is 2. The molecule has 0 aliphatic rings. The van der Waals surface area contributed by atoms with E-state index in [-0.39, 0.29) is 10.4 Å². The van der Waals surface area contributed by atoms with Crippen LogP contribution in [0, 0.1) is 0 Å². The third-order valence-electron chi connectivity index (χ3n) is 4.05. The summed E-state index contributed by atoms with van der Waals surface area (Å²) in [5.41, 5.74) is -3.63. The second-order valence-corrected chi connectivity index (χ2v) is 6.93. The topological polar surface area (TPSA) is 46.9 Å². The molecular formula is C19H13F6N3OS. The molecule has 1 heterocycles. The largest absolute Gasteiger partial charge is 0.434 e. The molecule has 0 bridgehead atoms. The van der Waals surface area contributed by atoms with Gasteiger partial charge >= 0.3 is 12.4 Å². The van der Waals surface area contributed by atoms with Gasteiger partial charge in [0.05, 0.1) is 23.0 Å². The molecule has 0 saturated heterocycles. The molecule has 3 aromatic rings. The van der Waals surface area contributed by atoms with E-state index in [0.29, 0.717) is 12.3 Å². The minimum absolute atomic E-state index is 0.262. The zero-order valence-corrected chi connectivity index (χ0v) is 16.0. The summed E-state index contributed by atoms with van der Waals surface area (Å²) >= 11 is 1.45. The highest BCUT2D eigenvalue weighted by molar-refractivity contribution is 7.98. The molecule has 11 heteroatoms. The predicted molar refractivity (Wildman–Crippen MR) is 99.7 cm³/mol. The Hall–Kier alpha value is -2.95. The second-order valence-electron chi connectivity index (χ2n) is 6.05. The summed E-state index contributed by atoms with van der Waals surface area (Å²) in [6.07, 6.45) is -7.27. The number of carbonyl (C=O) groups excluding carboxylic acids is 1. The minimum Gasteiger partial charge on any atom is -0.322 e. The number of alkyl halides is 6. The Bertz CT molecular complexity index is 1060. The van der Waals surface area contributed by atoms with Gasteiger partial charge in [-0.05, 0) is 48.7 Å². The number of nitrogens with zero attached hydrogens (tertiary/aromatic N) is 2. The number of thioether (sulfide) groups is 1. The summed E-state index contributed by atoms with van der Waals surface area (Å²) in [7, 11) is 0. The number of hydrogen-bond acceptors (Lipinski definition) is 3. The SMILES string of the molecule is CSc1ccc(NC(=O)c2cnn(-c3cccc(C(F)(F)F)c3)c2C(F)(F)F)cc1. The fraction of sp³-hybridized carbons (Fsp3) is 0.158. The lowest BCUT2D eigenvalue weighted by Gasteiger charge is -2.14. The van der Waals surface area contributed by atoms with E-state index < -0.39 is 40.8 Å². The lowest BCUT2D eigenvalue weighted by atomic mass is 10.1. The molecular weight excluding hydrogens is 432 g/mol. The zero-order chi connectivity index (χ0) is 22.1. The molecule has 1 aromatic heterocycles. The van der Waals surface area contributed by atoms with E-state index in [2.05, 4.69) is 10.4 Å². The molecule has 1 amide bonds. The van der Waals surface area contributed by atoms with E-state index in [9.17, 15) is 31.1 Å². The maximum absolute atomic E-state index is 13.7. The van der Waals surface area contributed by atoms with E-state index in [4.69, 9.17) is 0 Å². The van der Waals surface area contributed by atoms with Gasteiger partial charge in [0.2, 0.25) is 0 Å². The van der Waals surface area contributed by atoms with Gasteiger partial charge < -0.3 is 5.32 Å². The van der Waals surface area contributed by atoms with Crippen molar-refractivity contribution >= 4 is 23.4 Å². The molecule has 0 unspecified atom stereocenters. The number of anilines is 1. The summed E-state index contributed by atoms with van der Waals surface area (Å²) in [5.74, 6) is -1.09. The van der Waals surface area contributed by atoms with E-state index in [0.717, 1.165) is 23.1 Å². The third-order valence-corrected chi connectivity index (χ3v) is 4.79. The third kappa shape index (κ3) is 4.61. The van der Waals surface area contributed by atoms with Gasteiger partial charge in [0.15, 0.2) is 5.69 Å². The van der Waals surface area contributed by atoms with Gasteiger partial charge in [-0.3, -0.25) is 4.79 Å². The van der Waals surface area contributed by atoms with Gasteiger partial charge in [-0.15, -0.1) is 11.8 Å². The summed E-state index contributed by atoms with van der Waals surface area (Å²) < 4.78 is 80.2. The molecule has 4 nitrogen and oxygen atoms in total. The number of hydrogen-bond donors (Lipinski definition) is 1. The van der Waals surface area contributed by atoms with Crippen LogP contribution in [0.25, 0.3) is 5.69 Å². The van der Waals surface area contributed by atoms with Crippen LogP contribution in [0.5, 0.6) is 0 Å². The van der Waals surface area contributed by atoms with Crippen molar-refractivity contribution < 1.29 is 31.1 Å². The fourth-order valence-corrected chi connectivity index (χ4v) is 3.08. The summed E-state index contributed by atoms with van der Waals surface area (Å²) in [6.45, 7) is 0. The number of amides is 1. The number of rotatable bonds is 4. The van der Waals surface area contributed by atoms with Crippen LogP contribution >= 0.6 is 11.8 Å². The van der Waals surface area contributed by atoms with Crippen molar-refractivity contribution in [3.05, 3.63) is 71.5 Å². The molecule has 0 fully saturated rings. The van der Waals surface area contributed by atoms with Crippen LogP contribution in [-0.4, -0.2) is 21.9 Å². The highest BCUT2D eigenvalue weighted by Crippen LogP contribution is 2.36. The van der Waals surface area contributed by atoms with Gasteiger partial charge in [-0.1, -0.05) is 6.07 Å². The lowest BCUT2D eigenvalue weighted by Crippen LogP contribution is -2.21. The van der Waals surface area contributed by atoms with Crippen molar-refractivity contribution in [3.63, 3.8) is 0 Å². The number of benzene rings is 2. The van der Waals surface area contributed by atoms with Crippen LogP contribution in [0.3, 0.4) is 0 Å². The smallest absolute Gasteiger partial charge is 0.322 e. The minimum atomic E-state index is -5.04. The van der Waals surface area contributed by atoms with Crippen molar-refractivity contribution in [3.8, 4) is 5.69 Å². The number of nitrogens with one attached hydrogen (secondary N) is 1. The molecule has 0 radical (unpaired) electrons. The Morgan fingerprint density at radius 1 is 1.00 bits per heavy atom. The van der Waals surface area contributed by atoms with Crippen molar-refractivity contribution in [1.82, 2.24) is 9.78 Å². The predicted octanol–water partition coefficient (Wildman–Crippen LogP) is 5.88. The normalized spacial score (nSPS) is 12.1. The first kappa shape index (κ1) is 21.8. The van der Waals surface area contributed by atoms with Gasteiger partial charge in [0.25, 0.3) is 5.91 Å². The molecule has 0 saturated carbocycles. The Labute approximate surface area is 170 Å². The molecule has 1 N–H and O–H groups in total. The molecule has 2 aromatic carbocycles. The zero-order valence-electron chi connectivity index (χ0n) is 15.2. The van der Waals surface area contributed by atoms with Crippen molar-refractivity contribution in [1.29, 1.82) is 0 Å². The van der Waals surface area contributed by atoms with Gasteiger partial charge in [0, 0.05) is 10.6 Å². The van der Waals surface area contributed by atoms with Crippen molar-refractivity contribution in [2.75, 3.05) is 11.6 Å². The molecule has 0 atom stereocenters. The monoisotopic (exact) mass is 445 g/mol. The summed E-state index contributed by atoms with van der Waals surface area (Å²) in [5, 5.41) is 5.87. The Kier molecular flexibility index (Phi) is 5.84. The first-order valence-electron chi connectivity index (χ1n) is 8.29. The van der Waals surface area contributed by atoms with Crippen LogP contribution in [0.2, 0.25) is 0 Å². The van der Waals surface area contributed by atoms with Crippen LogP contribution in [-0.2, 0) is 12.4 Å². The van der Waals surface area contributed by atoms with Crippen molar-refractivity contribution in [2.45, 2.75) is 17.2 Å². The van der Waals surface area contributed by atoms with Crippen LogP contribution < -0.4 is 5.32 Å². The van der Waals surface area contributed by atoms with Crippen molar-refractivity contribution in [2.24, 2.45) is 0 Å².